The van der Waals surface area contributed by atoms with Crippen LogP contribution in [0.15, 0.2) is 47.7 Å². The van der Waals surface area contributed by atoms with Gasteiger partial charge in [0.25, 0.3) is 11.8 Å². The second-order valence-electron chi connectivity index (χ2n) is 15.3. The number of ketones is 1. The second kappa shape index (κ2) is 21.2. The van der Waals surface area contributed by atoms with Gasteiger partial charge in [0.15, 0.2) is 0 Å². The summed E-state index contributed by atoms with van der Waals surface area (Å²) in [6, 6.07) is 6.04. The molecule has 5 N–H and O–H groups in total. The van der Waals surface area contributed by atoms with E-state index in [0.717, 1.165) is 24.3 Å². The van der Waals surface area contributed by atoms with Crippen LogP contribution in [0.1, 0.15) is 107 Å². The van der Waals surface area contributed by atoms with Crippen molar-refractivity contribution in [2.75, 3.05) is 19.6 Å². The Labute approximate surface area is 316 Å². The molecule has 0 radical (unpaired) electrons. The van der Waals surface area contributed by atoms with Crippen molar-refractivity contribution in [3.63, 3.8) is 0 Å². The van der Waals surface area contributed by atoms with Gasteiger partial charge >= 0.3 is 0 Å². The summed E-state index contributed by atoms with van der Waals surface area (Å²) in [4.78, 5) is 85.0. The molecule has 5 amide bonds. The molecule has 1 saturated heterocycles. The first kappa shape index (κ1) is 44.6. The highest BCUT2D eigenvalue weighted by atomic mass is 16.2. The molecule has 1 aliphatic carbocycles. The van der Waals surface area contributed by atoms with Crippen molar-refractivity contribution >= 4 is 41.0 Å². The summed E-state index contributed by atoms with van der Waals surface area (Å²) in [6.07, 6.45) is 5.51. The Morgan fingerprint density at radius 2 is 1.58 bits per heavy atom. The SMILES string of the molecule is CC.CC(C)C.CCCC(NC(=O)C1[C@H]2CCC2CN1C(=O)CNC(=O)C(NC(=O)C1=NC=CNC1)C(C)(C)C)C(=O)C(=O)NC(C)c1ccccc1. The number of hydrogen-bond acceptors (Lipinski definition) is 8. The van der Waals surface area contributed by atoms with E-state index >= 15 is 0 Å². The Morgan fingerprint density at radius 1 is 0.943 bits per heavy atom. The number of nitrogens with one attached hydrogen (secondary N) is 5. The lowest BCUT2D eigenvalue weighted by Crippen LogP contribution is -2.58. The summed E-state index contributed by atoms with van der Waals surface area (Å²) in [5.41, 5.74) is 0.398. The lowest BCUT2D eigenvalue weighted by molar-refractivity contribution is -0.143. The van der Waals surface area contributed by atoms with Gasteiger partial charge in [-0.25, -0.2) is 0 Å². The molecule has 0 aromatic heterocycles. The number of aliphatic imine (C=N–C) groups is 1. The molecule has 2 aliphatic heterocycles. The fraction of sp³-hybridized carbons (Fsp3) is 0.625. The van der Waals surface area contributed by atoms with E-state index in [0.29, 0.717) is 13.0 Å². The third-order valence-electron chi connectivity index (χ3n) is 9.09. The van der Waals surface area contributed by atoms with Gasteiger partial charge < -0.3 is 31.5 Å². The Balaban J connectivity index is 0.00000151. The van der Waals surface area contributed by atoms with Crippen LogP contribution in [0.5, 0.6) is 0 Å². The standard InChI is InChI=1S/C34H47N7O6.C4H10.C2H6/c1-6-10-24(28(43)32(46)38-20(2)21-11-8-7-9-12-21)39-31(45)27-23-14-13-22(23)19-41(27)26(42)18-37-33(47)29(34(3,4)5)40-30(44)25-17-35-15-16-36-25;1-4(2)3;1-2/h7-9,11-12,15-16,20,22-24,27,29,35H,6,10,13-14,17-19H2,1-5H3,(H,37,47)(H,38,46)(H,39,45)(H,40,44);4H,1-3H3;1-2H3/t20?,22?,23-,24?,27?,29?;;/m0../s1. The minimum absolute atomic E-state index is 0.0699. The van der Waals surface area contributed by atoms with Gasteiger partial charge in [0.1, 0.15) is 17.8 Å². The van der Waals surface area contributed by atoms with Crippen LogP contribution in [0.25, 0.3) is 0 Å². The number of rotatable bonds is 13. The summed E-state index contributed by atoms with van der Waals surface area (Å²) in [5.74, 6) is -2.57. The van der Waals surface area contributed by atoms with E-state index in [1.165, 1.54) is 11.1 Å². The minimum Gasteiger partial charge on any atom is -0.384 e. The molecule has 0 bridgehead atoms. The van der Waals surface area contributed by atoms with Crippen LogP contribution in [0.2, 0.25) is 0 Å². The number of carbonyl (C=O) groups excluding carboxylic acids is 6. The molecule has 5 unspecified atom stereocenters. The maximum absolute atomic E-state index is 13.7. The summed E-state index contributed by atoms with van der Waals surface area (Å²) in [6.45, 7) is 19.8. The Bertz CT molecular complexity index is 1470. The van der Waals surface area contributed by atoms with Crippen LogP contribution >= 0.6 is 0 Å². The van der Waals surface area contributed by atoms with Crippen LogP contribution in [0.3, 0.4) is 0 Å². The molecule has 13 heteroatoms. The van der Waals surface area contributed by atoms with E-state index < -0.39 is 64.9 Å². The third kappa shape index (κ3) is 13.1. The lowest BCUT2D eigenvalue weighted by Gasteiger charge is -2.34. The molecule has 3 aliphatic rings. The molecule has 2 heterocycles. The molecule has 1 saturated carbocycles. The Hall–Kier alpha value is -4.55. The van der Waals surface area contributed by atoms with Crippen LogP contribution in [-0.2, 0) is 28.8 Å². The number of Topliss-reactive ketones (excluding diaryl/α,β-unsaturated/α-hetero) is 1. The predicted molar refractivity (Wildman–Crippen MR) is 207 cm³/mol. The van der Waals surface area contributed by atoms with Gasteiger partial charge in [-0.05, 0) is 54.9 Å². The molecule has 4 rings (SSSR count). The topological polar surface area (TPSA) is 178 Å². The lowest BCUT2D eigenvalue weighted by atomic mass is 9.73. The fourth-order valence-electron chi connectivity index (χ4n) is 6.27. The van der Waals surface area contributed by atoms with Crippen LogP contribution in [0.4, 0.5) is 0 Å². The van der Waals surface area contributed by atoms with Gasteiger partial charge in [-0.3, -0.25) is 33.8 Å². The second-order valence-corrected chi connectivity index (χ2v) is 15.3. The van der Waals surface area contributed by atoms with Gasteiger partial charge in [0.05, 0.1) is 25.2 Å². The zero-order valence-electron chi connectivity index (χ0n) is 33.4. The summed E-state index contributed by atoms with van der Waals surface area (Å²) in [7, 11) is 0. The van der Waals surface area contributed by atoms with Gasteiger partial charge in [-0.1, -0.05) is 99.1 Å². The first-order chi connectivity index (χ1) is 25.0. The Kier molecular flexibility index (Phi) is 17.9. The molecule has 6 atom stereocenters. The Morgan fingerprint density at radius 3 is 2.11 bits per heavy atom. The number of hydrogen-bond donors (Lipinski definition) is 5. The number of fused-ring (bicyclic) bond motifs is 1. The smallest absolute Gasteiger partial charge is 0.290 e. The molecule has 53 heavy (non-hydrogen) atoms. The van der Waals surface area contributed by atoms with E-state index in [2.05, 4.69) is 52.3 Å². The van der Waals surface area contributed by atoms with E-state index in [4.69, 9.17) is 0 Å². The molecule has 2 fully saturated rings. The van der Waals surface area contributed by atoms with E-state index in [9.17, 15) is 28.8 Å². The maximum atomic E-state index is 13.7. The predicted octanol–water partition coefficient (Wildman–Crippen LogP) is 3.81. The molecular weight excluding hydrogens is 674 g/mol. The van der Waals surface area contributed by atoms with Gasteiger partial charge in [0, 0.05) is 18.9 Å². The number of benzene rings is 1. The third-order valence-corrected chi connectivity index (χ3v) is 9.09. The highest BCUT2D eigenvalue weighted by molar-refractivity contribution is 6.40. The molecule has 294 valence electrons. The van der Waals surface area contributed by atoms with Crippen molar-refractivity contribution < 1.29 is 28.8 Å². The van der Waals surface area contributed by atoms with E-state index in [1.54, 1.807) is 33.9 Å². The fourth-order valence-corrected chi connectivity index (χ4v) is 6.27. The van der Waals surface area contributed by atoms with Crippen LogP contribution < -0.4 is 26.6 Å². The first-order valence-electron chi connectivity index (χ1n) is 19.1. The quantitative estimate of drug-likeness (QED) is 0.191. The zero-order valence-corrected chi connectivity index (χ0v) is 33.4. The molecule has 0 spiro atoms. The monoisotopic (exact) mass is 737 g/mol. The van der Waals surface area contributed by atoms with Gasteiger partial charge in [-0.2, -0.15) is 0 Å². The summed E-state index contributed by atoms with van der Waals surface area (Å²) in [5, 5.41) is 13.8. The van der Waals surface area contributed by atoms with Crippen molar-refractivity contribution in [1.29, 1.82) is 0 Å². The van der Waals surface area contributed by atoms with Crippen LogP contribution in [-0.4, -0.2) is 83.7 Å². The highest BCUT2D eigenvalue weighted by Gasteiger charge is 2.52. The number of carbonyl (C=O) groups is 6. The molecule has 1 aromatic carbocycles. The summed E-state index contributed by atoms with van der Waals surface area (Å²) < 4.78 is 0. The maximum Gasteiger partial charge on any atom is 0.290 e. The van der Waals surface area contributed by atoms with E-state index in [-0.39, 0.29) is 37.1 Å². The average Bonchev–Trinajstić information content (AvgIpc) is 3.38. The average molecular weight is 738 g/mol. The number of nitrogens with zero attached hydrogens (tertiary/aromatic N) is 2. The summed E-state index contributed by atoms with van der Waals surface area (Å²) >= 11 is 0. The minimum atomic E-state index is -1.04. The molecule has 1 aromatic rings. The van der Waals surface area contributed by atoms with Crippen molar-refractivity contribution in [3.8, 4) is 0 Å². The number of likely N-dealkylation sites (tertiary alicyclic amines) is 1. The highest BCUT2D eigenvalue weighted by Crippen LogP contribution is 2.45. The van der Waals surface area contributed by atoms with Crippen molar-refractivity contribution in [2.24, 2.45) is 28.2 Å². The molecule has 13 nitrogen and oxygen atoms in total. The van der Waals surface area contributed by atoms with Gasteiger partial charge in [0.2, 0.25) is 23.5 Å². The normalized spacial score (nSPS) is 20.2. The largest absolute Gasteiger partial charge is 0.384 e. The van der Waals surface area contributed by atoms with Crippen molar-refractivity contribution in [2.45, 2.75) is 119 Å². The van der Waals surface area contributed by atoms with Crippen molar-refractivity contribution in [3.05, 3.63) is 48.3 Å². The van der Waals surface area contributed by atoms with Crippen molar-refractivity contribution in [1.82, 2.24) is 31.5 Å². The number of amides is 5. The zero-order chi connectivity index (χ0) is 39.9. The molecular formula is C40H63N7O6. The van der Waals surface area contributed by atoms with Gasteiger partial charge in [-0.15, -0.1) is 0 Å². The first-order valence-corrected chi connectivity index (χ1v) is 19.1. The van der Waals surface area contributed by atoms with E-state index in [1.807, 2.05) is 51.1 Å². The van der Waals surface area contributed by atoms with Crippen LogP contribution in [0, 0.1) is 23.2 Å².